The normalized spacial score (nSPS) is 11.4. The van der Waals surface area contributed by atoms with E-state index >= 15 is 0 Å². The first kappa shape index (κ1) is 18.1. The molecule has 8 heteroatoms. The third-order valence-electron chi connectivity index (χ3n) is 3.45. The van der Waals surface area contributed by atoms with Crippen molar-refractivity contribution in [2.75, 3.05) is 21.3 Å². The quantitative estimate of drug-likeness (QED) is 0.570. The fraction of sp³-hybridized carbons (Fsp3) is 0.312. The SMILES string of the molecule is C=C(CC(=O)OC)C(F)(F)c1cc2c(F)c(OC)c(OC)cc2s1. The highest BCUT2D eigenvalue weighted by Gasteiger charge is 2.38. The maximum Gasteiger partial charge on any atom is 0.309 e. The van der Waals surface area contributed by atoms with Crippen molar-refractivity contribution in [1.29, 1.82) is 0 Å². The van der Waals surface area contributed by atoms with E-state index in [0.717, 1.165) is 13.2 Å². The molecule has 0 aliphatic heterocycles. The molecule has 0 fully saturated rings. The highest BCUT2D eigenvalue weighted by Crippen LogP contribution is 2.46. The molecule has 0 aliphatic carbocycles. The molecule has 130 valence electrons. The molecule has 24 heavy (non-hydrogen) atoms. The fourth-order valence-electron chi connectivity index (χ4n) is 2.13. The zero-order valence-corrected chi connectivity index (χ0v) is 14.1. The van der Waals surface area contributed by atoms with E-state index in [4.69, 9.17) is 9.47 Å². The number of alkyl halides is 2. The smallest absolute Gasteiger partial charge is 0.309 e. The molecule has 1 aromatic carbocycles. The van der Waals surface area contributed by atoms with Gasteiger partial charge in [0.1, 0.15) is 0 Å². The van der Waals surface area contributed by atoms with Crippen molar-refractivity contribution < 1.29 is 32.2 Å². The van der Waals surface area contributed by atoms with Gasteiger partial charge in [-0.25, -0.2) is 4.39 Å². The summed E-state index contributed by atoms with van der Waals surface area (Å²) in [4.78, 5) is 10.8. The number of hydrogen-bond acceptors (Lipinski definition) is 5. The number of halogens is 3. The van der Waals surface area contributed by atoms with E-state index in [1.54, 1.807) is 0 Å². The maximum absolute atomic E-state index is 14.5. The largest absolute Gasteiger partial charge is 0.493 e. The summed E-state index contributed by atoms with van der Waals surface area (Å²) in [6.45, 7) is 3.26. The van der Waals surface area contributed by atoms with Crippen LogP contribution in [0.5, 0.6) is 11.5 Å². The van der Waals surface area contributed by atoms with Crippen LogP contribution >= 0.6 is 11.3 Å². The summed E-state index contributed by atoms with van der Waals surface area (Å²) in [6.07, 6.45) is -0.632. The molecule has 2 aromatic rings. The lowest BCUT2D eigenvalue weighted by Crippen LogP contribution is -2.17. The van der Waals surface area contributed by atoms with Crippen LogP contribution in [-0.2, 0) is 15.5 Å². The van der Waals surface area contributed by atoms with Crippen molar-refractivity contribution >= 4 is 27.4 Å². The van der Waals surface area contributed by atoms with Crippen LogP contribution in [0, 0.1) is 5.82 Å². The van der Waals surface area contributed by atoms with Crippen LogP contribution in [0.15, 0.2) is 24.3 Å². The molecule has 0 unspecified atom stereocenters. The Bertz CT molecular complexity index is 798. The average Bonchev–Trinajstić information content (AvgIpc) is 2.99. The molecule has 0 N–H and O–H groups in total. The van der Waals surface area contributed by atoms with Gasteiger partial charge in [0.15, 0.2) is 17.3 Å². The third-order valence-corrected chi connectivity index (χ3v) is 4.60. The Labute approximate surface area is 140 Å². The van der Waals surface area contributed by atoms with Gasteiger partial charge in [-0.05, 0) is 6.07 Å². The fourth-order valence-corrected chi connectivity index (χ4v) is 3.24. The molecule has 2 rings (SSSR count). The van der Waals surface area contributed by atoms with Crippen molar-refractivity contribution in [2.24, 2.45) is 0 Å². The number of carbonyl (C=O) groups is 1. The Morgan fingerprint density at radius 1 is 1.25 bits per heavy atom. The second kappa shape index (κ2) is 6.72. The summed E-state index contributed by atoms with van der Waals surface area (Å²) in [5, 5.41) is -0.0156. The summed E-state index contributed by atoms with van der Waals surface area (Å²) >= 11 is 0.692. The first-order valence-corrected chi connectivity index (χ1v) is 7.55. The standard InChI is InChI=1S/C16H15F3O4S/c1-8(5-13(20)22-3)16(18,19)12-6-9-11(24-12)7-10(21-2)15(23-4)14(9)17/h6-7H,1,5H2,2-4H3. The third kappa shape index (κ3) is 3.06. The van der Waals surface area contributed by atoms with Crippen molar-refractivity contribution in [3.05, 3.63) is 35.0 Å². The number of fused-ring (bicyclic) bond motifs is 1. The van der Waals surface area contributed by atoms with Crippen LogP contribution in [-0.4, -0.2) is 27.3 Å². The first-order chi connectivity index (χ1) is 11.3. The summed E-state index contributed by atoms with van der Waals surface area (Å²) in [5.41, 5.74) is -0.625. The van der Waals surface area contributed by atoms with E-state index in [2.05, 4.69) is 11.3 Å². The molecule has 0 atom stereocenters. The van der Waals surface area contributed by atoms with Crippen molar-refractivity contribution in [1.82, 2.24) is 0 Å². The molecule has 4 nitrogen and oxygen atoms in total. The van der Waals surface area contributed by atoms with Crippen molar-refractivity contribution in [3.63, 3.8) is 0 Å². The lowest BCUT2D eigenvalue weighted by Gasteiger charge is -2.16. The van der Waals surface area contributed by atoms with Gasteiger partial charge in [-0.1, -0.05) is 6.58 Å². The van der Waals surface area contributed by atoms with Gasteiger partial charge in [0, 0.05) is 21.7 Å². The number of benzene rings is 1. The predicted octanol–water partition coefficient (Wildman–Crippen LogP) is 4.27. The first-order valence-electron chi connectivity index (χ1n) is 6.73. The Balaban J connectivity index is 2.52. The Morgan fingerprint density at radius 2 is 1.92 bits per heavy atom. The lowest BCUT2D eigenvalue weighted by molar-refractivity contribution is -0.140. The van der Waals surface area contributed by atoms with E-state index in [1.807, 2.05) is 0 Å². The zero-order chi connectivity index (χ0) is 18.1. The van der Waals surface area contributed by atoms with Gasteiger partial charge >= 0.3 is 11.9 Å². The van der Waals surface area contributed by atoms with Crippen LogP contribution in [0.4, 0.5) is 13.2 Å². The molecule has 0 radical (unpaired) electrons. The topological polar surface area (TPSA) is 44.8 Å². The second-order valence-corrected chi connectivity index (χ2v) is 5.96. The molecule has 0 saturated carbocycles. The van der Waals surface area contributed by atoms with Crippen LogP contribution < -0.4 is 9.47 Å². The van der Waals surface area contributed by atoms with E-state index in [9.17, 15) is 18.0 Å². The van der Waals surface area contributed by atoms with Gasteiger partial charge in [0.05, 0.1) is 32.6 Å². The Hall–Kier alpha value is -2.22. The minimum atomic E-state index is -3.50. The molecular formula is C16H15F3O4S. The van der Waals surface area contributed by atoms with Gasteiger partial charge in [0.2, 0.25) is 0 Å². The molecular weight excluding hydrogens is 345 g/mol. The highest BCUT2D eigenvalue weighted by molar-refractivity contribution is 7.19. The highest BCUT2D eigenvalue weighted by atomic mass is 32.1. The van der Waals surface area contributed by atoms with E-state index in [0.29, 0.717) is 11.3 Å². The molecule has 0 saturated heterocycles. The molecule has 0 bridgehead atoms. The van der Waals surface area contributed by atoms with Crippen LogP contribution in [0.3, 0.4) is 0 Å². The van der Waals surface area contributed by atoms with E-state index < -0.39 is 34.6 Å². The number of rotatable bonds is 6. The second-order valence-electron chi connectivity index (χ2n) is 4.88. The van der Waals surface area contributed by atoms with Crippen LogP contribution in [0.1, 0.15) is 11.3 Å². The summed E-state index contributed by atoms with van der Waals surface area (Å²) in [6, 6.07) is 2.45. The van der Waals surface area contributed by atoms with Crippen molar-refractivity contribution in [3.8, 4) is 11.5 Å². The lowest BCUT2D eigenvalue weighted by atomic mass is 10.1. The van der Waals surface area contributed by atoms with Gasteiger partial charge in [-0.2, -0.15) is 8.78 Å². The van der Waals surface area contributed by atoms with Gasteiger partial charge in [-0.3, -0.25) is 4.79 Å². The zero-order valence-electron chi connectivity index (χ0n) is 13.2. The number of methoxy groups -OCH3 is 3. The number of ether oxygens (including phenoxy) is 3. The number of hydrogen-bond donors (Lipinski definition) is 0. The van der Waals surface area contributed by atoms with Crippen molar-refractivity contribution in [2.45, 2.75) is 12.3 Å². The predicted molar refractivity (Wildman–Crippen MR) is 84.6 cm³/mol. The Morgan fingerprint density at radius 3 is 2.46 bits per heavy atom. The molecule has 0 aliphatic rings. The number of thiophene rings is 1. The summed E-state index contributed by atoms with van der Waals surface area (Å²) in [7, 11) is 3.68. The van der Waals surface area contributed by atoms with E-state index in [-0.39, 0.29) is 21.6 Å². The molecule has 1 aromatic heterocycles. The molecule has 0 amide bonds. The Kier molecular flexibility index (Phi) is 5.08. The van der Waals surface area contributed by atoms with Gasteiger partial charge in [-0.15, -0.1) is 11.3 Å². The van der Waals surface area contributed by atoms with E-state index in [1.165, 1.54) is 20.3 Å². The maximum atomic E-state index is 14.5. The summed E-state index contributed by atoms with van der Waals surface area (Å²) < 4.78 is 58.0. The number of esters is 1. The minimum Gasteiger partial charge on any atom is -0.493 e. The molecule has 1 heterocycles. The summed E-state index contributed by atoms with van der Waals surface area (Å²) in [5.74, 6) is -5.16. The monoisotopic (exact) mass is 360 g/mol. The van der Waals surface area contributed by atoms with Crippen LogP contribution in [0.25, 0.3) is 10.1 Å². The molecule has 0 spiro atoms. The minimum absolute atomic E-state index is 0.0156. The van der Waals surface area contributed by atoms with Gasteiger partial charge in [0.25, 0.3) is 0 Å². The number of carbonyl (C=O) groups excluding carboxylic acids is 1. The average molecular weight is 360 g/mol. The van der Waals surface area contributed by atoms with Gasteiger partial charge < -0.3 is 14.2 Å². The van der Waals surface area contributed by atoms with Crippen LogP contribution in [0.2, 0.25) is 0 Å².